The van der Waals surface area contributed by atoms with E-state index in [-0.39, 0.29) is 11.9 Å². The van der Waals surface area contributed by atoms with E-state index < -0.39 is 0 Å². The van der Waals surface area contributed by atoms with Crippen molar-refractivity contribution in [1.82, 2.24) is 10.3 Å². The van der Waals surface area contributed by atoms with E-state index in [0.717, 1.165) is 12.1 Å². The SMILES string of the molecule is Cc1ccccc1CCC(=O)NC(C)c1ccccn1. The van der Waals surface area contributed by atoms with Gasteiger partial charge in [0, 0.05) is 12.6 Å². The highest BCUT2D eigenvalue weighted by atomic mass is 16.1. The van der Waals surface area contributed by atoms with Crippen LogP contribution in [-0.4, -0.2) is 10.9 Å². The van der Waals surface area contributed by atoms with Crippen molar-refractivity contribution < 1.29 is 4.79 Å². The average molecular weight is 268 g/mol. The van der Waals surface area contributed by atoms with Gasteiger partial charge < -0.3 is 5.32 Å². The van der Waals surface area contributed by atoms with E-state index >= 15 is 0 Å². The smallest absolute Gasteiger partial charge is 0.220 e. The summed E-state index contributed by atoms with van der Waals surface area (Å²) in [4.78, 5) is 16.2. The summed E-state index contributed by atoms with van der Waals surface area (Å²) in [7, 11) is 0. The van der Waals surface area contributed by atoms with Crippen molar-refractivity contribution in [1.29, 1.82) is 0 Å². The molecule has 1 amide bonds. The number of amides is 1. The van der Waals surface area contributed by atoms with E-state index in [4.69, 9.17) is 0 Å². The highest BCUT2D eigenvalue weighted by molar-refractivity contribution is 5.76. The number of pyridine rings is 1. The van der Waals surface area contributed by atoms with Crippen LogP contribution in [0.15, 0.2) is 48.7 Å². The number of nitrogens with one attached hydrogen (secondary N) is 1. The molecule has 0 saturated heterocycles. The van der Waals surface area contributed by atoms with Crippen molar-refractivity contribution in [3.63, 3.8) is 0 Å². The number of aromatic nitrogens is 1. The summed E-state index contributed by atoms with van der Waals surface area (Å²) in [5.41, 5.74) is 3.35. The molecule has 1 N–H and O–H groups in total. The van der Waals surface area contributed by atoms with Gasteiger partial charge in [0.05, 0.1) is 11.7 Å². The molecule has 1 atom stereocenters. The molecule has 1 heterocycles. The molecule has 20 heavy (non-hydrogen) atoms. The molecule has 3 heteroatoms. The van der Waals surface area contributed by atoms with Gasteiger partial charge in [-0.25, -0.2) is 0 Å². The maximum Gasteiger partial charge on any atom is 0.220 e. The molecular formula is C17H20N2O. The molecule has 0 fully saturated rings. The van der Waals surface area contributed by atoms with Crippen molar-refractivity contribution in [2.45, 2.75) is 32.7 Å². The Morgan fingerprint density at radius 1 is 1.20 bits per heavy atom. The first-order valence-corrected chi connectivity index (χ1v) is 6.91. The molecule has 0 aliphatic carbocycles. The lowest BCUT2D eigenvalue weighted by Gasteiger charge is -2.13. The van der Waals surface area contributed by atoms with Crippen LogP contribution >= 0.6 is 0 Å². The first kappa shape index (κ1) is 14.3. The number of benzene rings is 1. The van der Waals surface area contributed by atoms with Gasteiger partial charge in [0.1, 0.15) is 0 Å². The predicted octanol–water partition coefficient (Wildman–Crippen LogP) is 3.20. The molecule has 1 aromatic carbocycles. The van der Waals surface area contributed by atoms with Gasteiger partial charge in [-0.15, -0.1) is 0 Å². The normalized spacial score (nSPS) is 11.9. The maximum atomic E-state index is 12.0. The number of carbonyl (C=O) groups is 1. The van der Waals surface area contributed by atoms with Crippen LogP contribution in [0.5, 0.6) is 0 Å². The fourth-order valence-electron chi connectivity index (χ4n) is 2.16. The first-order valence-electron chi connectivity index (χ1n) is 6.91. The van der Waals surface area contributed by atoms with Crippen LogP contribution in [0.2, 0.25) is 0 Å². The second-order valence-corrected chi connectivity index (χ2v) is 4.97. The van der Waals surface area contributed by atoms with Gasteiger partial charge in [0.2, 0.25) is 5.91 Å². The maximum absolute atomic E-state index is 12.0. The minimum Gasteiger partial charge on any atom is -0.348 e. The van der Waals surface area contributed by atoms with E-state index in [1.165, 1.54) is 11.1 Å². The summed E-state index contributed by atoms with van der Waals surface area (Å²) in [5, 5.41) is 2.98. The molecule has 0 spiro atoms. The Kier molecular flexibility index (Phi) is 4.88. The fraction of sp³-hybridized carbons (Fsp3) is 0.294. The van der Waals surface area contributed by atoms with Crippen molar-refractivity contribution in [3.8, 4) is 0 Å². The molecule has 1 unspecified atom stereocenters. The molecule has 0 saturated carbocycles. The lowest BCUT2D eigenvalue weighted by atomic mass is 10.0. The molecule has 2 rings (SSSR count). The summed E-state index contributed by atoms with van der Waals surface area (Å²) < 4.78 is 0. The second kappa shape index (κ2) is 6.85. The summed E-state index contributed by atoms with van der Waals surface area (Å²) in [6.07, 6.45) is 3.01. The Bertz CT molecular complexity index is 566. The molecule has 2 aromatic rings. The van der Waals surface area contributed by atoms with Crippen LogP contribution in [-0.2, 0) is 11.2 Å². The lowest BCUT2D eigenvalue weighted by Crippen LogP contribution is -2.27. The van der Waals surface area contributed by atoms with E-state index in [0.29, 0.717) is 6.42 Å². The minimum atomic E-state index is -0.0550. The lowest BCUT2D eigenvalue weighted by molar-refractivity contribution is -0.121. The number of carbonyl (C=O) groups excluding carboxylic acids is 1. The fourth-order valence-corrected chi connectivity index (χ4v) is 2.16. The van der Waals surface area contributed by atoms with Gasteiger partial charge >= 0.3 is 0 Å². The van der Waals surface area contributed by atoms with Gasteiger partial charge in [-0.2, -0.15) is 0 Å². The quantitative estimate of drug-likeness (QED) is 0.904. The second-order valence-electron chi connectivity index (χ2n) is 4.97. The summed E-state index contributed by atoms with van der Waals surface area (Å²) >= 11 is 0. The van der Waals surface area contributed by atoms with E-state index in [1.54, 1.807) is 6.20 Å². The Morgan fingerprint density at radius 3 is 2.65 bits per heavy atom. The molecule has 0 aliphatic rings. The molecule has 0 radical (unpaired) electrons. The number of rotatable bonds is 5. The molecule has 1 aromatic heterocycles. The van der Waals surface area contributed by atoms with Crippen LogP contribution in [0.3, 0.4) is 0 Å². The highest BCUT2D eigenvalue weighted by Crippen LogP contribution is 2.11. The third kappa shape index (κ3) is 3.92. The van der Waals surface area contributed by atoms with Crippen LogP contribution in [0.1, 0.15) is 36.2 Å². The van der Waals surface area contributed by atoms with E-state index in [1.807, 2.05) is 37.3 Å². The molecule has 104 valence electrons. The van der Waals surface area contributed by atoms with Crippen molar-refractivity contribution >= 4 is 5.91 Å². The topological polar surface area (TPSA) is 42.0 Å². The van der Waals surface area contributed by atoms with Gasteiger partial charge in [-0.05, 0) is 43.5 Å². The van der Waals surface area contributed by atoms with Crippen molar-refractivity contribution in [2.24, 2.45) is 0 Å². The Labute approximate surface area is 120 Å². The molecule has 0 aliphatic heterocycles. The summed E-state index contributed by atoms with van der Waals surface area (Å²) in [6, 6.07) is 13.8. The number of hydrogen-bond acceptors (Lipinski definition) is 2. The summed E-state index contributed by atoms with van der Waals surface area (Å²) in [6.45, 7) is 4.03. The number of nitrogens with zero attached hydrogens (tertiary/aromatic N) is 1. The number of aryl methyl sites for hydroxylation is 2. The monoisotopic (exact) mass is 268 g/mol. The predicted molar refractivity (Wildman–Crippen MR) is 80.3 cm³/mol. The summed E-state index contributed by atoms with van der Waals surface area (Å²) in [5.74, 6) is 0.0615. The Balaban J connectivity index is 1.86. The standard InChI is InChI=1S/C17H20N2O/c1-13-7-3-4-8-15(13)10-11-17(20)19-14(2)16-9-5-6-12-18-16/h3-9,12,14H,10-11H2,1-2H3,(H,19,20). The largest absolute Gasteiger partial charge is 0.348 e. The minimum absolute atomic E-state index is 0.0550. The van der Waals surface area contributed by atoms with Crippen molar-refractivity contribution in [3.05, 3.63) is 65.5 Å². The van der Waals surface area contributed by atoms with Crippen LogP contribution < -0.4 is 5.32 Å². The first-order chi connectivity index (χ1) is 9.66. The highest BCUT2D eigenvalue weighted by Gasteiger charge is 2.10. The molecule has 3 nitrogen and oxygen atoms in total. The van der Waals surface area contributed by atoms with Gasteiger partial charge in [-0.3, -0.25) is 9.78 Å². The average Bonchev–Trinajstić information content (AvgIpc) is 2.47. The van der Waals surface area contributed by atoms with Crippen LogP contribution in [0.25, 0.3) is 0 Å². The van der Waals surface area contributed by atoms with Gasteiger partial charge in [0.25, 0.3) is 0 Å². The third-order valence-corrected chi connectivity index (χ3v) is 3.39. The number of hydrogen-bond donors (Lipinski definition) is 1. The van der Waals surface area contributed by atoms with Gasteiger partial charge in [-0.1, -0.05) is 30.3 Å². The zero-order valence-corrected chi connectivity index (χ0v) is 12.0. The van der Waals surface area contributed by atoms with Gasteiger partial charge in [0.15, 0.2) is 0 Å². The van der Waals surface area contributed by atoms with Crippen LogP contribution in [0, 0.1) is 6.92 Å². The van der Waals surface area contributed by atoms with E-state index in [9.17, 15) is 4.79 Å². The van der Waals surface area contributed by atoms with Crippen molar-refractivity contribution in [2.75, 3.05) is 0 Å². The van der Waals surface area contributed by atoms with E-state index in [2.05, 4.69) is 29.4 Å². The molecular weight excluding hydrogens is 248 g/mol. The zero-order chi connectivity index (χ0) is 14.4. The zero-order valence-electron chi connectivity index (χ0n) is 12.0. The Morgan fingerprint density at radius 2 is 1.95 bits per heavy atom. The molecule has 0 bridgehead atoms. The van der Waals surface area contributed by atoms with Crippen LogP contribution in [0.4, 0.5) is 0 Å². The Hall–Kier alpha value is -2.16. The third-order valence-electron chi connectivity index (χ3n) is 3.39.